The lowest BCUT2D eigenvalue weighted by Gasteiger charge is -2.06. The number of aromatic nitrogens is 2. The van der Waals surface area contributed by atoms with Crippen LogP contribution < -0.4 is 0 Å². The molecule has 0 amide bonds. The lowest BCUT2D eigenvalue weighted by molar-refractivity contribution is 0.0369. The second-order valence-corrected chi connectivity index (χ2v) is 3.05. The largest absolute Gasteiger partial charge is 0.476 e. The summed E-state index contributed by atoms with van der Waals surface area (Å²) in [6.07, 6.45) is 1.84. The zero-order valence-electron chi connectivity index (χ0n) is 8.30. The van der Waals surface area contributed by atoms with Crippen LogP contribution in [0, 0.1) is 0 Å². The molecule has 1 heterocycles. The van der Waals surface area contributed by atoms with Gasteiger partial charge in [-0.15, -0.1) is 0 Å². The minimum atomic E-state index is -1.19. The van der Waals surface area contributed by atoms with Crippen LogP contribution in [0.5, 0.6) is 0 Å². The van der Waals surface area contributed by atoms with E-state index in [2.05, 4.69) is 9.97 Å². The Morgan fingerprint density at radius 3 is 2.20 bits per heavy atom. The van der Waals surface area contributed by atoms with Crippen LogP contribution in [0.4, 0.5) is 0 Å². The summed E-state index contributed by atoms with van der Waals surface area (Å²) in [7, 11) is 0. The molecule has 80 valence electrons. The maximum absolute atomic E-state index is 11.3. The molecular weight excluding hydrogens is 200 g/mol. The third-order valence-electron chi connectivity index (χ3n) is 1.42. The van der Waals surface area contributed by atoms with E-state index in [1.165, 1.54) is 0 Å². The van der Waals surface area contributed by atoms with Gasteiger partial charge in [0.2, 0.25) is 0 Å². The van der Waals surface area contributed by atoms with Crippen molar-refractivity contribution in [2.75, 3.05) is 0 Å². The first-order valence-corrected chi connectivity index (χ1v) is 4.27. The summed E-state index contributed by atoms with van der Waals surface area (Å²) in [5, 5.41) is 8.54. The summed E-state index contributed by atoms with van der Waals surface area (Å²) >= 11 is 0. The Hall–Kier alpha value is -1.98. The van der Waals surface area contributed by atoms with Crippen molar-refractivity contribution in [3.8, 4) is 0 Å². The van der Waals surface area contributed by atoms with Gasteiger partial charge in [-0.3, -0.25) is 0 Å². The molecule has 0 fully saturated rings. The van der Waals surface area contributed by atoms with Crippen molar-refractivity contribution in [1.29, 1.82) is 0 Å². The number of esters is 1. The highest BCUT2D eigenvalue weighted by molar-refractivity contribution is 5.88. The van der Waals surface area contributed by atoms with Crippen LogP contribution in [0.2, 0.25) is 0 Å². The summed E-state index contributed by atoms with van der Waals surface area (Å²) in [6, 6.07) is 0. The van der Waals surface area contributed by atoms with E-state index in [1.54, 1.807) is 13.8 Å². The molecule has 0 radical (unpaired) electrons. The highest BCUT2D eigenvalue weighted by Crippen LogP contribution is 2.00. The van der Waals surface area contributed by atoms with Crippen molar-refractivity contribution in [2.24, 2.45) is 0 Å². The zero-order chi connectivity index (χ0) is 11.4. The molecule has 0 spiro atoms. The fourth-order valence-electron chi connectivity index (χ4n) is 0.818. The number of carboxylic acids is 1. The predicted octanol–water partition coefficient (Wildman–Crippen LogP) is 0.740. The summed E-state index contributed by atoms with van der Waals surface area (Å²) in [6.45, 7) is 3.41. The zero-order valence-corrected chi connectivity index (χ0v) is 8.30. The van der Waals surface area contributed by atoms with Crippen molar-refractivity contribution in [3.05, 3.63) is 23.8 Å². The molecule has 1 aromatic heterocycles. The molecule has 0 bridgehead atoms. The van der Waals surface area contributed by atoms with Crippen molar-refractivity contribution in [1.82, 2.24) is 9.97 Å². The average Bonchev–Trinajstić information content (AvgIpc) is 2.17. The van der Waals surface area contributed by atoms with Crippen LogP contribution in [0.3, 0.4) is 0 Å². The Balaban J connectivity index is 2.80. The molecule has 0 aliphatic carbocycles. The second kappa shape index (κ2) is 4.50. The van der Waals surface area contributed by atoms with E-state index >= 15 is 0 Å². The van der Waals surface area contributed by atoms with Crippen molar-refractivity contribution in [3.63, 3.8) is 0 Å². The maximum atomic E-state index is 11.3. The summed E-state index contributed by atoms with van der Waals surface area (Å²) in [4.78, 5) is 28.9. The highest BCUT2D eigenvalue weighted by Gasteiger charge is 2.12. The number of ether oxygens (including phenoxy) is 1. The third-order valence-corrected chi connectivity index (χ3v) is 1.42. The van der Waals surface area contributed by atoms with Gasteiger partial charge < -0.3 is 9.84 Å². The van der Waals surface area contributed by atoms with E-state index in [1.807, 2.05) is 0 Å². The number of rotatable bonds is 3. The first-order valence-electron chi connectivity index (χ1n) is 4.27. The standard InChI is InChI=1S/C9H10N2O4/c1-5(2)15-9(14)7-4-10-6(3-11-7)8(12)13/h3-5H,1-2H3,(H,12,13). The smallest absolute Gasteiger partial charge is 0.358 e. The van der Waals surface area contributed by atoms with Gasteiger partial charge in [0.15, 0.2) is 11.4 Å². The quantitative estimate of drug-likeness (QED) is 0.740. The molecule has 6 nitrogen and oxygen atoms in total. The van der Waals surface area contributed by atoms with Crippen LogP contribution in [-0.4, -0.2) is 33.1 Å². The van der Waals surface area contributed by atoms with Crippen molar-refractivity contribution in [2.45, 2.75) is 20.0 Å². The van der Waals surface area contributed by atoms with Gasteiger partial charge in [0.05, 0.1) is 18.5 Å². The van der Waals surface area contributed by atoms with E-state index in [0.29, 0.717) is 0 Å². The van der Waals surface area contributed by atoms with Crippen LogP contribution in [0.25, 0.3) is 0 Å². The molecule has 1 N–H and O–H groups in total. The average molecular weight is 210 g/mol. The normalized spacial score (nSPS) is 10.1. The van der Waals surface area contributed by atoms with E-state index in [9.17, 15) is 9.59 Å². The topological polar surface area (TPSA) is 89.4 Å². The minimum Gasteiger partial charge on any atom is -0.476 e. The van der Waals surface area contributed by atoms with E-state index in [0.717, 1.165) is 12.4 Å². The SMILES string of the molecule is CC(C)OC(=O)c1cnc(C(=O)O)cn1. The number of hydrogen-bond acceptors (Lipinski definition) is 5. The number of carboxylic acid groups (broad SMARTS) is 1. The van der Waals surface area contributed by atoms with Crippen molar-refractivity contribution < 1.29 is 19.4 Å². The Labute approximate surface area is 85.9 Å². The Morgan fingerprint density at radius 1 is 1.27 bits per heavy atom. The Morgan fingerprint density at radius 2 is 1.80 bits per heavy atom. The lowest BCUT2D eigenvalue weighted by Crippen LogP contribution is -2.14. The van der Waals surface area contributed by atoms with Gasteiger partial charge in [-0.25, -0.2) is 19.6 Å². The second-order valence-electron chi connectivity index (χ2n) is 3.05. The van der Waals surface area contributed by atoms with Crippen LogP contribution in [0.1, 0.15) is 34.8 Å². The molecule has 0 saturated carbocycles. The lowest BCUT2D eigenvalue weighted by atomic mass is 10.4. The molecule has 0 aliphatic rings. The van der Waals surface area contributed by atoms with E-state index in [4.69, 9.17) is 9.84 Å². The maximum Gasteiger partial charge on any atom is 0.358 e. The number of nitrogens with zero attached hydrogens (tertiary/aromatic N) is 2. The molecular formula is C9H10N2O4. The van der Waals surface area contributed by atoms with E-state index in [-0.39, 0.29) is 17.5 Å². The summed E-state index contributed by atoms with van der Waals surface area (Å²) in [5.74, 6) is -1.80. The molecule has 0 aromatic carbocycles. The summed E-state index contributed by atoms with van der Waals surface area (Å²) < 4.78 is 4.85. The fourth-order valence-corrected chi connectivity index (χ4v) is 0.818. The third kappa shape index (κ3) is 3.01. The molecule has 6 heteroatoms. The van der Waals surface area contributed by atoms with Gasteiger partial charge in [0.1, 0.15) is 0 Å². The molecule has 0 unspecified atom stereocenters. The number of hydrogen-bond donors (Lipinski definition) is 1. The van der Waals surface area contributed by atoms with Gasteiger partial charge in [-0.05, 0) is 13.8 Å². The van der Waals surface area contributed by atoms with Crippen LogP contribution in [0.15, 0.2) is 12.4 Å². The monoisotopic (exact) mass is 210 g/mol. The Kier molecular flexibility index (Phi) is 3.33. The molecule has 0 saturated heterocycles. The fraction of sp³-hybridized carbons (Fsp3) is 0.333. The van der Waals surface area contributed by atoms with Gasteiger partial charge in [0, 0.05) is 0 Å². The first kappa shape index (κ1) is 11.1. The van der Waals surface area contributed by atoms with Crippen molar-refractivity contribution >= 4 is 11.9 Å². The number of carbonyl (C=O) groups is 2. The van der Waals surface area contributed by atoms with E-state index < -0.39 is 11.9 Å². The van der Waals surface area contributed by atoms with Crippen LogP contribution >= 0.6 is 0 Å². The van der Waals surface area contributed by atoms with Gasteiger partial charge >= 0.3 is 11.9 Å². The Bertz CT molecular complexity index is 372. The molecule has 15 heavy (non-hydrogen) atoms. The first-order chi connectivity index (χ1) is 7.00. The van der Waals surface area contributed by atoms with Gasteiger partial charge in [0.25, 0.3) is 0 Å². The highest BCUT2D eigenvalue weighted by atomic mass is 16.5. The predicted molar refractivity (Wildman–Crippen MR) is 49.5 cm³/mol. The number of aromatic carboxylic acids is 1. The van der Waals surface area contributed by atoms with Gasteiger partial charge in [-0.2, -0.15) is 0 Å². The van der Waals surface area contributed by atoms with Crippen LogP contribution in [-0.2, 0) is 4.74 Å². The van der Waals surface area contributed by atoms with Gasteiger partial charge in [-0.1, -0.05) is 0 Å². The molecule has 0 aliphatic heterocycles. The minimum absolute atomic E-state index is 0.00583. The molecule has 1 aromatic rings. The molecule has 0 atom stereocenters. The molecule has 1 rings (SSSR count). The summed E-state index contributed by atoms with van der Waals surface area (Å²) in [5.41, 5.74) is -0.218. The number of carbonyl (C=O) groups excluding carboxylic acids is 1.